The molecule has 2 rings (SSSR count). The first-order valence-electron chi connectivity index (χ1n) is 8.97. The van der Waals surface area contributed by atoms with Gasteiger partial charge in [0.1, 0.15) is 0 Å². The number of nitrogens with zero attached hydrogens (tertiary/aromatic N) is 3. The number of hydrogen-bond acceptors (Lipinski definition) is 2. The second-order valence-corrected chi connectivity index (χ2v) is 6.62. The second-order valence-electron chi connectivity index (χ2n) is 6.62. The summed E-state index contributed by atoms with van der Waals surface area (Å²) in [5.74, 6) is 1.53. The monoisotopic (exact) mass is 316 g/mol. The van der Waals surface area contributed by atoms with E-state index in [2.05, 4.69) is 59.8 Å². The molecule has 0 unspecified atom stereocenters. The Morgan fingerprint density at radius 3 is 2.26 bits per heavy atom. The molecule has 128 valence electrons. The van der Waals surface area contributed by atoms with Crippen molar-refractivity contribution in [1.29, 1.82) is 0 Å². The van der Waals surface area contributed by atoms with Crippen molar-refractivity contribution in [3.05, 3.63) is 35.4 Å². The molecule has 0 spiro atoms. The molecule has 0 aliphatic carbocycles. The number of nitrogens with two attached hydrogens (primary N) is 1. The van der Waals surface area contributed by atoms with Crippen LogP contribution in [0.2, 0.25) is 0 Å². The van der Waals surface area contributed by atoms with Gasteiger partial charge in [0.15, 0.2) is 5.96 Å². The van der Waals surface area contributed by atoms with Crippen molar-refractivity contribution in [2.24, 2.45) is 16.6 Å². The van der Waals surface area contributed by atoms with E-state index in [1.165, 1.54) is 37.1 Å². The van der Waals surface area contributed by atoms with Gasteiger partial charge in [0.2, 0.25) is 0 Å². The number of benzene rings is 1. The summed E-state index contributed by atoms with van der Waals surface area (Å²) in [6.07, 6.45) is 2.66. The smallest absolute Gasteiger partial charge is 0.191 e. The van der Waals surface area contributed by atoms with E-state index >= 15 is 0 Å². The zero-order valence-corrected chi connectivity index (χ0v) is 15.0. The van der Waals surface area contributed by atoms with Gasteiger partial charge in [-0.3, -0.25) is 4.90 Å². The van der Waals surface area contributed by atoms with Crippen molar-refractivity contribution in [3.8, 4) is 0 Å². The highest BCUT2D eigenvalue weighted by molar-refractivity contribution is 5.77. The Bertz CT molecular complexity index is 483. The molecule has 0 radical (unpaired) electrons. The van der Waals surface area contributed by atoms with Gasteiger partial charge in [-0.05, 0) is 56.8 Å². The van der Waals surface area contributed by atoms with Gasteiger partial charge in [-0.15, -0.1) is 0 Å². The lowest BCUT2D eigenvalue weighted by atomic mass is 9.99. The molecule has 1 saturated heterocycles. The number of guanidine groups is 1. The van der Waals surface area contributed by atoms with E-state index in [0.29, 0.717) is 12.5 Å². The average Bonchev–Trinajstić information content (AvgIpc) is 2.57. The minimum atomic E-state index is 0.640. The van der Waals surface area contributed by atoms with Gasteiger partial charge >= 0.3 is 0 Å². The summed E-state index contributed by atoms with van der Waals surface area (Å²) in [5, 5.41) is 0. The Hall–Kier alpha value is -1.55. The molecule has 1 aromatic carbocycles. The summed E-state index contributed by atoms with van der Waals surface area (Å²) < 4.78 is 0. The van der Waals surface area contributed by atoms with Crippen LogP contribution in [0.3, 0.4) is 0 Å². The van der Waals surface area contributed by atoms with Crippen LogP contribution in [-0.2, 0) is 13.1 Å². The molecular weight excluding hydrogens is 284 g/mol. The van der Waals surface area contributed by atoms with E-state index in [4.69, 9.17) is 5.73 Å². The van der Waals surface area contributed by atoms with Crippen LogP contribution in [0.5, 0.6) is 0 Å². The van der Waals surface area contributed by atoms with Crippen LogP contribution in [0, 0.1) is 5.92 Å². The number of piperidine rings is 1. The maximum atomic E-state index is 6.02. The quantitative estimate of drug-likeness (QED) is 0.648. The van der Waals surface area contributed by atoms with E-state index in [9.17, 15) is 0 Å². The third kappa shape index (κ3) is 5.54. The van der Waals surface area contributed by atoms with E-state index in [0.717, 1.165) is 25.6 Å². The summed E-state index contributed by atoms with van der Waals surface area (Å²) in [4.78, 5) is 9.14. The van der Waals surface area contributed by atoms with Gasteiger partial charge in [-0.2, -0.15) is 0 Å². The van der Waals surface area contributed by atoms with Gasteiger partial charge in [0.25, 0.3) is 0 Å². The molecule has 4 heteroatoms. The predicted octanol–water partition coefficient (Wildman–Crippen LogP) is 3.08. The first kappa shape index (κ1) is 17.8. The Labute approximate surface area is 141 Å². The molecule has 2 N–H and O–H groups in total. The molecule has 1 aromatic rings. The van der Waals surface area contributed by atoms with Gasteiger partial charge in [-0.25, -0.2) is 4.99 Å². The second kappa shape index (κ2) is 8.92. The molecule has 0 aromatic heterocycles. The van der Waals surface area contributed by atoms with Gasteiger partial charge in [0.05, 0.1) is 6.54 Å². The highest BCUT2D eigenvalue weighted by atomic mass is 15.2. The molecular formula is C19H32N4. The summed E-state index contributed by atoms with van der Waals surface area (Å²) in [7, 11) is 0. The van der Waals surface area contributed by atoms with E-state index in [-0.39, 0.29) is 0 Å². The first-order valence-corrected chi connectivity index (χ1v) is 8.97. The maximum Gasteiger partial charge on any atom is 0.191 e. The third-order valence-electron chi connectivity index (χ3n) is 4.82. The lowest BCUT2D eigenvalue weighted by Crippen LogP contribution is -2.37. The standard InChI is InChI=1S/C19H32N4/c1-4-23(5-2)19(20)21-14-17-6-8-18(9-7-17)15-22-12-10-16(3)11-13-22/h6-9,16H,4-5,10-15H2,1-3H3,(H2,20,21). The van der Waals surface area contributed by atoms with Crippen molar-refractivity contribution in [1.82, 2.24) is 9.80 Å². The van der Waals surface area contributed by atoms with Crippen molar-refractivity contribution in [3.63, 3.8) is 0 Å². The van der Waals surface area contributed by atoms with Crippen LogP contribution in [-0.4, -0.2) is 41.9 Å². The topological polar surface area (TPSA) is 44.9 Å². The fourth-order valence-electron chi connectivity index (χ4n) is 3.05. The fourth-order valence-corrected chi connectivity index (χ4v) is 3.05. The minimum Gasteiger partial charge on any atom is -0.370 e. The van der Waals surface area contributed by atoms with Crippen LogP contribution in [0.15, 0.2) is 29.3 Å². The first-order chi connectivity index (χ1) is 11.1. The molecule has 1 aliphatic heterocycles. The van der Waals surface area contributed by atoms with Crippen molar-refractivity contribution in [2.45, 2.75) is 46.7 Å². The Kier molecular flexibility index (Phi) is 6.90. The zero-order chi connectivity index (χ0) is 16.7. The van der Waals surface area contributed by atoms with Crippen LogP contribution in [0.1, 0.15) is 44.7 Å². The molecule has 0 atom stereocenters. The normalized spacial score (nSPS) is 17.4. The van der Waals surface area contributed by atoms with E-state index < -0.39 is 0 Å². The highest BCUT2D eigenvalue weighted by Crippen LogP contribution is 2.18. The lowest BCUT2D eigenvalue weighted by molar-refractivity contribution is 0.185. The molecule has 1 fully saturated rings. The summed E-state index contributed by atoms with van der Waals surface area (Å²) >= 11 is 0. The van der Waals surface area contributed by atoms with Crippen molar-refractivity contribution >= 4 is 5.96 Å². The lowest BCUT2D eigenvalue weighted by Gasteiger charge is -2.30. The number of likely N-dealkylation sites (tertiary alicyclic amines) is 1. The summed E-state index contributed by atoms with van der Waals surface area (Å²) in [6.45, 7) is 12.5. The Balaban J connectivity index is 1.86. The summed E-state index contributed by atoms with van der Waals surface area (Å²) in [6, 6.07) is 8.83. The fraction of sp³-hybridized carbons (Fsp3) is 0.632. The SMILES string of the molecule is CCN(CC)C(N)=NCc1ccc(CN2CCC(C)CC2)cc1. The van der Waals surface area contributed by atoms with E-state index in [1.54, 1.807) is 0 Å². The molecule has 0 saturated carbocycles. The van der Waals surface area contributed by atoms with Gasteiger partial charge in [0, 0.05) is 19.6 Å². The molecule has 0 amide bonds. The summed E-state index contributed by atoms with van der Waals surface area (Å²) in [5.41, 5.74) is 8.63. The van der Waals surface area contributed by atoms with Gasteiger partial charge in [-0.1, -0.05) is 31.2 Å². The van der Waals surface area contributed by atoms with Crippen LogP contribution < -0.4 is 5.73 Å². The third-order valence-corrected chi connectivity index (χ3v) is 4.82. The van der Waals surface area contributed by atoms with Crippen LogP contribution in [0.25, 0.3) is 0 Å². The predicted molar refractivity (Wildman–Crippen MR) is 98.4 cm³/mol. The number of hydrogen-bond donors (Lipinski definition) is 1. The minimum absolute atomic E-state index is 0.640. The Morgan fingerprint density at radius 2 is 1.70 bits per heavy atom. The highest BCUT2D eigenvalue weighted by Gasteiger charge is 2.15. The largest absolute Gasteiger partial charge is 0.370 e. The molecule has 23 heavy (non-hydrogen) atoms. The van der Waals surface area contributed by atoms with Crippen LogP contribution in [0.4, 0.5) is 0 Å². The van der Waals surface area contributed by atoms with Crippen molar-refractivity contribution < 1.29 is 0 Å². The van der Waals surface area contributed by atoms with Crippen LogP contribution >= 0.6 is 0 Å². The molecule has 1 aliphatic rings. The molecule has 4 nitrogen and oxygen atoms in total. The van der Waals surface area contributed by atoms with Crippen molar-refractivity contribution in [2.75, 3.05) is 26.2 Å². The van der Waals surface area contributed by atoms with Gasteiger partial charge < -0.3 is 10.6 Å². The number of aliphatic imine (C=N–C) groups is 1. The molecule has 1 heterocycles. The maximum absolute atomic E-state index is 6.02. The Morgan fingerprint density at radius 1 is 1.13 bits per heavy atom. The van der Waals surface area contributed by atoms with E-state index in [1.807, 2.05) is 0 Å². The molecule has 0 bridgehead atoms. The number of rotatable bonds is 6. The average molecular weight is 316 g/mol. The zero-order valence-electron chi connectivity index (χ0n) is 15.0.